The third kappa shape index (κ3) is 3.70. The van der Waals surface area contributed by atoms with Gasteiger partial charge in [-0.15, -0.1) is 0 Å². The average Bonchev–Trinajstić information content (AvgIpc) is 2.46. The van der Waals surface area contributed by atoms with E-state index in [4.69, 9.17) is 4.74 Å². The number of nitrogens with zero attached hydrogens (tertiary/aromatic N) is 2. The number of pyridine rings is 1. The molecule has 1 aliphatic heterocycles. The van der Waals surface area contributed by atoms with E-state index in [0.717, 1.165) is 37.2 Å². The summed E-state index contributed by atoms with van der Waals surface area (Å²) < 4.78 is 5.31. The first kappa shape index (κ1) is 14.8. The van der Waals surface area contributed by atoms with E-state index < -0.39 is 0 Å². The predicted octanol–water partition coefficient (Wildman–Crippen LogP) is 1.50. The largest absolute Gasteiger partial charge is 0.481 e. The molecule has 0 bridgehead atoms. The van der Waals surface area contributed by atoms with Crippen LogP contribution in [-0.4, -0.2) is 42.0 Å². The number of hydrogen-bond acceptors (Lipinski definition) is 4. The predicted molar refractivity (Wildman–Crippen MR) is 77.6 cm³/mol. The van der Waals surface area contributed by atoms with E-state index in [2.05, 4.69) is 10.3 Å². The van der Waals surface area contributed by atoms with Crippen molar-refractivity contribution < 1.29 is 9.53 Å². The molecule has 0 spiro atoms. The third-order valence-corrected chi connectivity index (χ3v) is 3.72. The molecular formula is C15H23N3O2. The van der Waals surface area contributed by atoms with Gasteiger partial charge in [0.1, 0.15) is 0 Å². The highest BCUT2D eigenvalue weighted by molar-refractivity contribution is 5.73. The number of rotatable bonds is 4. The number of amides is 1. The van der Waals surface area contributed by atoms with Crippen LogP contribution in [0.15, 0.2) is 12.1 Å². The van der Waals surface area contributed by atoms with Crippen molar-refractivity contribution in [2.45, 2.75) is 39.3 Å². The third-order valence-electron chi connectivity index (χ3n) is 3.72. The summed E-state index contributed by atoms with van der Waals surface area (Å²) in [6.07, 6.45) is 2.16. The van der Waals surface area contributed by atoms with Crippen LogP contribution in [0.5, 0.6) is 5.88 Å². The Hall–Kier alpha value is -1.62. The van der Waals surface area contributed by atoms with E-state index in [1.807, 2.05) is 24.0 Å². The van der Waals surface area contributed by atoms with E-state index in [0.29, 0.717) is 18.5 Å². The fraction of sp³-hybridized carbons (Fsp3) is 0.600. The summed E-state index contributed by atoms with van der Waals surface area (Å²) in [6, 6.07) is 4.38. The van der Waals surface area contributed by atoms with Crippen LogP contribution in [0.3, 0.4) is 0 Å². The van der Waals surface area contributed by atoms with Crippen LogP contribution in [0.4, 0.5) is 0 Å². The summed E-state index contributed by atoms with van der Waals surface area (Å²) in [7, 11) is 1.64. The highest BCUT2D eigenvalue weighted by Crippen LogP contribution is 2.17. The lowest BCUT2D eigenvalue weighted by Crippen LogP contribution is -2.47. The smallest absolute Gasteiger partial charge is 0.219 e. The molecule has 0 radical (unpaired) electrons. The van der Waals surface area contributed by atoms with Crippen LogP contribution >= 0.6 is 0 Å². The van der Waals surface area contributed by atoms with Gasteiger partial charge >= 0.3 is 0 Å². The van der Waals surface area contributed by atoms with Crippen LogP contribution in [0.25, 0.3) is 0 Å². The fourth-order valence-electron chi connectivity index (χ4n) is 2.56. The molecule has 0 aromatic carbocycles. The van der Waals surface area contributed by atoms with Crippen molar-refractivity contribution in [1.82, 2.24) is 15.2 Å². The Morgan fingerprint density at radius 1 is 1.55 bits per heavy atom. The lowest BCUT2D eigenvalue weighted by molar-refractivity contribution is -0.130. The molecule has 1 N–H and O–H groups in total. The first-order chi connectivity index (χ1) is 9.60. The summed E-state index contributed by atoms with van der Waals surface area (Å²) in [5.41, 5.74) is 2.00. The number of methoxy groups -OCH3 is 1. The number of likely N-dealkylation sites (tertiary alicyclic amines) is 1. The lowest BCUT2D eigenvalue weighted by Gasteiger charge is -2.32. The number of aromatic nitrogens is 1. The minimum absolute atomic E-state index is 0.158. The second kappa shape index (κ2) is 6.70. The van der Waals surface area contributed by atoms with E-state index >= 15 is 0 Å². The molecule has 1 fully saturated rings. The van der Waals surface area contributed by atoms with Gasteiger partial charge in [0.05, 0.1) is 7.11 Å². The molecule has 5 heteroatoms. The van der Waals surface area contributed by atoms with Crippen LogP contribution in [0, 0.1) is 6.92 Å². The summed E-state index contributed by atoms with van der Waals surface area (Å²) >= 11 is 0. The summed E-state index contributed by atoms with van der Waals surface area (Å²) in [5.74, 6) is 0.836. The second-order valence-corrected chi connectivity index (χ2v) is 5.31. The molecule has 1 amide bonds. The van der Waals surface area contributed by atoms with Crippen molar-refractivity contribution in [2.75, 3.05) is 20.2 Å². The summed E-state index contributed by atoms with van der Waals surface area (Å²) in [6.45, 7) is 5.97. The normalized spacial score (nSPS) is 18.9. The number of carbonyl (C=O) groups excluding carboxylic acids is 1. The van der Waals surface area contributed by atoms with E-state index in [9.17, 15) is 4.79 Å². The number of carbonyl (C=O) groups is 1. The van der Waals surface area contributed by atoms with Crippen molar-refractivity contribution in [1.29, 1.82) is 0 Å². The molecule has 2 rings (SSSR count). The van der Waals surface area contributed by atoms with Gasteiger partial charge < -0.3 is 15.0 Å². The Morgan fingerprint density at radius 3 is 3.05 bits per heavy atom. The molecule has 1 atom stereocenters. The average molecular weight is 277 g/mol. The standard InChI is InChI=1S/C15H23N3O2/c1-11-6-7-13(15(17-11)20-3)9-16-14-5-4-8-18(10-14)12(2)19/h6-7,14,16H,4-5,8-10H2,1-3H3/t14-/m0/s1. The minimum atomic E-state index is 0.158. The van der Waals surface area contributed by atoms with Crippen molar-refractivity contribution in [3.63, 3.8) is 0 Å². The molecule has 5 nitrogen and oxygen atoms in total. The molecule has 1 aromatic heterocycles. The molecule has 20 heavy (non-hydrogen) atoms. The van der Waals surface area contributed by atoms with Crippen LogP contribution < -0.4 is 10.1 Å². The van der Waals surface area contributed by atoms with Crippen molar-refractivity contribution in [3.05, 3.63) is 23.4 Å². The van der Waals surface area contributed by atoms with Crippen molar-refractivity contribution in [3.8, 4) is 5.88 Å². The Kier molecular flexibility index (Phi) is 4.95. The first-order valence-electron chi connectivity index (χ1n) is 7.09. The number of piperidine rings is 1. The number of ether oxygens (including phenoxy) is 1. The second-order valence-electron chi connectivity index (χ2n) is 5.31. The van der Waals surface area contributed by atoms with Crippen LogP contribution in [0.1, 0.15) is 31.0 Å². The van der Waals surface area contributed by atoms with E-state index in [1.165, 1.54) is 0 Å². The Bertz CT molecular complexity index is 476. The molecule has 0 unspecified atom stereocenters. The van der Waals surface area contributed by atoms with Gasteiger partial charge in [-0.1, -0.05) is 6.07 Å². The molecule has 0 saturated carbocycles. The van der Waals surface area contributed by atoms with Gasteiger partial charge in [0.25, 0.3) is 0 Å². The number of aryl methyl sites for hydroxylation is 1. The monoisotopic (exact) mass is 277 g/mol. The zero-order valence-electron chi connectivity index (χ0n) is 12.5. The molecule has 1 saturated heterocycles. The van der Waals surface area contributed by atoms with Gasteiger partial charge in [0.15, 0.2) is 0 Å². The summed E-state index contributed by atoms with van der Waals surface area (Å²) in [4.78, 5) is 17.7. The van der Waals surface area contributed by atoms with Gasteiger partial charge in [0, 0.05) is 43.9 Å². The maximum Gasteiger partial charge on any atom is 0.219 e. The molecular weight excluding hydrogens is 254 g/mol. The highest BCUT2D eigenvalue weighted by atomic mass is 16.5. The van der Waals surface area contributed by atoms with E-state index in [-0.39, 0.29) is 5.91 Å². The summed E-state index contributed by atoms with van der Waals surface area (Å²) in [5, 5.41) is 3.50. The zero-order chi connectivity index (χ0) is 14.5. The number of hydrogen-bond donors (Lipinski definition) is 1. The quantitative estimate of drug-likeness (QED) is 0.906. The van der Waals surface area contributed by atoms with Crippen molar-refractivity contribution >= 4 is 5.91 Å². The van der Waals surface area contributed by atoms with Gasteiger partial charge in [-0.05, 0) is 25.8 Å². The Balaban J connectivity index is 1.93. The highest BCUT2D eigenvalue weighted by Gasteiger charge is 2.21. The Morgan fingerprint density at radius 2 is 2.35 bits per heavy atom. The Labute approximate surface area is 120 Å². The topological polar surface area (TPSA) is 54.5 Å². The maximum absolute atomic E-state index is 11.4. The molecule has 0 aliphatic carbocycles. The van der Waals surface area contributed by atoms with Crippen molar-refractivity contribution in [2.24, 2.45) is 0 Å². The lowest BCUT2D eigenvalue weighted by atomic mass is 10.1. The minimum Gasteiger partial charge on any atom is -0.481 e. The van der Waals surface area contributed by atoms with E-state index in [1.54, 1.807) is 14.0 Å². The molecule has 2 heterocycles. The maximum atomic E-state index is 11.4. The number of nitrogens with one attached hydrogen (secondary N) is 1. The fourth-order valence-corrected chi connectivity index (χ4v) is 2.56. The SMILES string of the molecule is COc1nc(C)ccc1CN[C@H]1CCCN(C(C)=O)C1. The zero-order valence-corrected chi connectivity index (χ0v) is 12.5. The van der Waals surface area contributed by atoms with Gasteiger partial charge in [-0.25, -0.2) is 4.98 Å². The molecule has 1 aliphatic rings. The van der Waals surface area contributed by atoms with Crippen LogP contribution in [0.2, 0.25) is 0 Å². The van der Waals surface area contributed by atoms with Gasteiger partial charge in [-0.2, -0.15) is 0 Å². The molecule has 110 valence electrons. The van der Waals surface area contributed by atoms with Crippen LogP contribution in [-0.2, 0) is 11.3 Å². The first-order valence-corrected chi connectivity index (χ1v) is 7.09. The molecule has 1 aromatic rings. The van der Waals surface area contributed by atoms with Gasteiger partial charge in [-0.3, -0.25) is 4.79 Å². The van der Waals surface area contributed by atoms with Gasteiger partial charge in [0.2, 0.25) is 11.8 Å².